The number of nitrogens with two attached hydrogens (primary N) is 1. The molecule has 0 radical (unpaired) electrons. The van der Waals surface area contributed by atoms with Gasteiger partial charge < -0.3 is 10.5 Å². The van der Waals surface area contributed by atoms with Crippen LogP contribution in [0.3, 0.4) is 0 Å². The molecular weight excluding hydrogens is 222 g/mol. The summed E-state index contributed by atoms with van der Waals surface area (Å²) < 4.78 is 5.85. The lowest BCUT2D eigenvalue weighted by atomic mass is 10.0. The van der Waals surface area contributed by atoms with E-state index in [1.807, 2.05) is 13.8 Å². The molecule has 0 heterocycles. The predicted molar refractivity (Wildman–Crippen MR) is 78.2 cm³/mol. The van der Waals surface area contributed by atoms with E-state index in [1.165, 1.54) is 16.7 Å². The number of ether oxygens (including phenoxy) is 1. The molecule has 0 aliphatic carbocycles. The van der Waals surface area contributed by atoms with E-state index in [1.54, 1.807) is 0 Å². The average molecular weight is 247 g/mol. The monoisotopic (exact) mass is 247 g/mol. The fraction of sp³-hybridized carbons (Fsp3) is 0.500. The molecule has 0 amide bonds. The van der Waals surface area contributed by atoms with Crippen LogP contribution in [0.1, 0.15) is 37.0 Å². The first kappa shape index (κ1) is 14.8. The first-order chi connectivity index (χ1) is 8.40. The summed E-state index contributed by atoms with van der Waals surface area (Å²) in [5.74, 6) is 1.00. The fourth-order valence-corrected chi connectivity index (χ4v) is 2.08. The topological polar surface area (TPSA) is 35.2 Å². The summed E-state index contributed by atoms with van der Waals surface area (Å²) in [5, 5.41) is 0. The Balaban J connectivity index is 2.77. The van der Waals surface area contributed by atoms with Gasteiger partial charge in [0.15, 0.2) is 0 Å². The molecule has 0 bridgehead atoms. The van der Waals surface area contributed by atoms with Crippen molar-refractivity contribution in [1.29, 1.82) is 0 Å². The summed E-state index contributed by atoms with van der Waals surface area (Å²) in [6, 6.07) is 4.54. The maximum atomic E-state index is 5.85. The Bertz CT molecular complexity index is 398. The fourth-order valence-electron chi connectivity index (χ4n) is 2.08. The molecule has 0 spiro atoms. The zero-order valence-corrected chi connectivity index (χ0v) is 12.0. The summed E-state index contributed by atoms with van der Waals surface area (Å²) in [4.78, 5) is 0. The minimum absolute atomic E-state index is 0.194. The molecule has 18 heavy (non-hydrogen) atoms. The summed E-state index contributed by atoms with van der Waals surface area (Å²) in [7, 11) is 0. The number of rotatable bonds is 6. The minimum Gasteiger partial charge on any atom is -0.493 e. The van der Waals surface area contributed by atoms with Crippen molar-refractivity contribution in [3.63, 3.8) is 0 Å². The quantitative estimate of drug-likeness (QED) is 0.780. The zero-order valence-electron chi connectivity index (χ0n) is 12.0. The maximum absolute atomic E-state index is 5.85. The third kappa shape index (κ3) is 4.53. The van der Waals surface area contributed by atoms with E-state index in [0.29, 0.717) is 6.61 Å². The van der Waals surface area contributed by atoms with Gasteiger partial charge in [-0.05, 0) is 50.8 Å². The summed E-state index contributed by atoms with van der Waals surface area (Å²) >= 11 is 0. The number of hydrogen-bond donors (Lipinski definition) is 1. The van der Waals surface area contributed by atoms with Crippen LogP contribution in [0.2, 0.25) is 0 Å². The van der Waals surface area contributed by atoms with Gasteiger partial charge in [0.05, 0.1) is 6.61 Å². The molecule has 0 fully saturated rings. The summed E-state index contributed by atoms with van der Waals surface area (Å²) in [6.45, 7) is 12.8. The van der Waals surface area contributed by atoms with Crippen molar-refractivity contribution in [1.82, 2.24) is 0 Å². The molecular formula is C16H25NO. The largest absolute Gasteiger partial charge is 0.493 e. The Kier molecular flexibility index (Phi) is 5.42. The van der Waals surface area contributed by atoms with E-state index in [-0.39, 0.29) is 6.04 Å². The van der Waals surface area contributed by atoms with Crippen molar-refractivity contribution < 1.29 is 4.74 Å². The van der Waals surface area contributed by atoms with Crippen LogP contribution >= 0.6 is 0 Å². The molecule has 1 aromatic rings. The van der Waals surface area contributed by atoms with Crippen molar-refractivity contribution in [3.05, 3.63) is 41.0 Å². The lowest BCUT2D eigenvalue weighted by Gasteiger charge is -2.15. The van der Waals surface area contributed by atoms with Gasteiger partial charge in [-0.2, -0.15) is 0 Å². The highest BCUT2D eigenvalue weighted by Crippen LogP contribution is 2.25. The van der Waals surface area contributed by atoms with Crippen LogP contribution in [-0.2, 0) is 6.42 Å². The molecule has 0 aliphatic heterocycles. The third-order valence-corrected chi connectivity index (χ3v) is 2.85. The highest BCUT2D eigenvalue weighted by molar-refractivity contribution is 5.43. The summed E-state index contributed by atoms with van der Waals surface area (Å²) in [5.41, 5.74) is 10.6. The SMILES string of the molecule is C=C(C)CCOc1c(C)cc(CC(C)N)cc1C. The Morgan fingerprint density at radius 2 is 1.89 bits per heavy atom. The van der Waals surface area contributed by atoms with Gasteiger partial charge in [0, 0.05) is 12.5 Å². The van der Waals surface area contributed by atoms with Crippen molar-refractivity contribution in [2.45, 2.75) is 46.6 Å². The van der Waals surface area contributed by atoms with Gasteiger partial charge in [-0.1, -0.05) is 17.7 Å². The lowest BCUT2D eigenvalue weighted by molar-refractivity contribution is 0.317. The molecule has 2 nitrogen and oxygen atoms in total. The maximum Gasteiger partial charge on any atom is 0.125 e. The lowest BCUT2D eigenvalue weighted by Crippen LogP contribution is -2.18. The Morgan fingerprint density at radius 1 is 1.33 bits per heavy atom. The Labute approximate surface area is 111 Å². The van der Waals surface area contributed by atoms with Crippen LogP contribution in [0, 0.1) is 13.8 Å². The molecule has 2 N–H and O–H groups in total. The summed E-state index contributed by atoms with van der Waals surface area (Å²) in [6.07, 6.45) is 1.81. The Morgan fingerprint density at radius 3 is 2.33 bits per heavy atom. The molecule has 1 aromatic carbocycles. The minimum atomic E-state index is 0.194. The highest BCUT2D eigenvalue weighted by Gasteiger charge is 2.07. The molecule has 1 rings (SSSR count). The van der Waals surface area contributed by atoms with E-state index in [4.69, 9.17) is 10.5 Å². The second-order valence-electron chi connectivity index (χ2n) is 5.30. The van der Waals surface area contributed by atoms with Crippen LogP contribution < -0.4 is 10.5 Å². The molecule has 1 atom stereocenters. The molecule has 0 aliphatic rings. The van der Waals surface area contributed by atoms with Crippen LogP contribution in [-0.4, -0.2) is 12.6 Å². The third-order valence-electron chi connectivity index (χ3n) is 2.85. The molecule has 0 aromatic heterocycles. The zero-order chi connectivity index (χ0) is 13.7. The normalized spacial score (nSPS) is 12.3. The van der Waals surface area contributed by atoms with E-state index >= 15 is 0 Å². The molecule has 1 unspecified atom stereocenters. The van der Waals surface area contributed by atoms with Gasteiger partial charge in [0.1, 0.15) is 5.75 Å². The van der Waals surface area contributed by atoms with Crippen molar-refractivity contribution >= 4 is 0 Å². The number of hydrogen-bond acceptors (Lipinski definition) is 2. The van der Waals surface area contributed by atoms with Gasteiger partial charge in [-0.15, -0.1) is 6.58 Å². The van der Waals surface area contributed by atoms with Gasteiger partial charge in [-0.3, -0.25) is 0 Å². The molecule has 2 heteroatoms. The van der Waals surface area contributed by atoms with Gasteiger partial charge in [0.2, 0.25) is 0 Å². The molecule has 0 saturated carbocycles. The first-order valence-electron chi connectivity index (χ1n) is 6.53. The van der Waals surface area contributed by atoms with E-state index in [2.05, 4.69) is 32.6 Å². The number of aryl methyl sites for hydroxylation is 2. The first-order valence-corrected chi connectivity index (χ1v) is 6.53. The van der Waals surface area contributed by atoms with E-state index in [9.17, 15) is 0 Å². The number of benzene rings is 1. The highest BCUT2D eigenvalue weighted by atomic mass is 16.5. The standard InChI is InChI=1S/C16H25NO/c1-11(2)6-7-18-16-12(3)8-15(9-13(16)4)10-14(5)17/h8-9,14H,1,6-7,10,17H2,2-5H3. The van der Waals surface area contributed by atoms with Crippen molar-refractivity contribution in [2.75, 3.05) is 6.61 Å². The van der Waals surface area contributed by atoms with Crippen molar-refractivity contribution in [3.8, 4) is 5.75 Å². The molecule has 100 valence electrons. The van der Waals surface area contributed by atoms with Crippen LogP contribution in [0.4, 0.5) is 0 Å². The van der Waals surface area contributed by atoms with Crippen LogP contribution in [0.15, 0.2) is 24.3 Å². The van der Waals surface area contributed by atoms with E-state index < -0.39 is 0 Å². The van der Waals surface area contributed by atoms with Crippen LogP contribution in [0.5, 0.6) is 5.75 Å². The van der Waals surface area contributed by atoms with Gasteiger partial charge in [0.25, 0.3) is 0 Å². The molecule has 0 saturated heterocycles. The average Bonchev–Trinajstić information content (AvgIpc) is 2.20. The van der Waals surface area contributed by atoms with Crippen LogP contribution in [0.25, 0.3) is 0 Å². The predicted octanol–water partition coefficient (Wildman–Crippen LogP) is 3.54. The van der Waals surface area contributed by atoms with Gasteiger partial charge >= 0.3 is 0 Å². The van der Waals surface area contributed by atoms with Gasteiger partial charge in [-0.25, -0.2) is 0 Å². The smallest absolute Gasteiger partial charge is 0.125 e. The second-order valence-corrected chi connectivity index (χ2v) is 5.30. The second kappa shape index (κ2) is 6.60. The van der Waals surface area contributed by atoms with Crippen molar-refractivity contribution in [2.24, 2.45) is 5.73 Å². The Hall–Kier alpha value is -1.28. The van der Waals surface area contributed by atoms with E-state index in [0.717, 1.165) is 24.2 Å².